The smallest absolute Gasteiger partial charge is 0.254 e. The van der Waals surface area contributed by atoms with Gasteiger partial charge in [0.15, 0.2) is 0 Å². The molecule has 2 atom stereocenters. The highest BCUT2D eigenvalue weighted by Gasteiger charge is 2.33. The number of carbonyl (C=O) groups is 1. The minimum atomic E-state index is 0.112. The van der Waals surface area contributed by atoms with E-state index in [9.17, 15) is 4.79 Å². The summed E-state index contributed by atoms with van der Waals surface area (Å²) in [5, 5.41) is 0.839. The van der Waals surface area contributed by atoms with Crippen molar-refractivity contribution in [2.75, 3.05) is 18.5 Å². The lowest BCUT2D eigenvalue weighted by Crippen LogP contribution is -2.38. The molecular weight excluding hydrogens is 318 g/mol. The first kappa shape index (κ1) is 15.4. The number of benzene rings is 1. The Balaban J connectivity index is 2.12. The summed E-state index contributed by atoms with van der Waals surface area (Å²) >= 11 is 3.53. The fourth-order valence-electron chi connectivity index (χ4n) is 2.60. The summed E-state index contributed by atoms with van der Waals surface area (Å²) in [4.78, 5) is 14.6. The van der Waals surface area contributed by atoms with E-state index >= 15 is 0 Å². The van der Waals surface area contributed by atoms with Gasteiger partial charge in [-0.15, -0.1) is 0 Å². The van der Waals surface area contributed by atoms with Crippen molar-refractivity contribution in [3.63, 3.8) is 0 Å². The van der Waals surface area contributed by atoms with Crippen molar-refractivity contribution in [3.8, 4) is 5.75 Å². The minimum Gasteiger partial charge on any atom is -0.494 e. The van der Waals surface area contributed by atoms with Gasteiger partial charge in [0.1, 0.15) is 5.75 Å². The van der Waals surface area contributed by atoms with E-state index in [2.05, 4.69) is 29.8 Å². The molecule has 0 radical (unpaired) electrons. The Morgan fingerprint density at radius 1 is 1.50 bits per heavy atom. The van der Waals surface area contributed by atoms with E-state index in [0.717, 1.165) is 36.0 Å². The number of halogens is 1. The van der Waals surface area contributed by atoms with Gasteiger partial charge in [0, 0.05) is 23.5 Å². The van der Waals surface area contributed by atoms with E-state index in [0.29, 0.717) is 18.6 Å². The topological polar surface area (TPSA) is 29.5 Å². The molecule has 20 heavy (non-hydrogen) atoms. The van der Waals surface area contributed by atoms with Crippen molar-refractivity contribution in [2.45, 2.75) is 32.7 Å². The maximum Gasteiger partial charge on any atom is 0.254 e. The number of amides is 1. The second-order valence-electron chi connectivity index (χ2n) is 5.36. The summed E-state index contributed by atoms with van der Waals surface area (Å²) in [6.45, 7) is 5.81. The zero-order valence-electron chi connectivity index (χ0n) is 12.1. The third kappa shape index (κ3) is 3.35. The maximum absolute atomic E-state index is 12.6. The number of hydrogen-bond donors (Lipinski definition) is 0. The van der Waals surface area contributed by atoms with Crippen LogP contribution in [0.25, 0.3) is 0 Å². The number of carbonyl (C=O) groups excluding carboxylic acids is 1. The van der Waals surface area contributed by atoms with Crippen molar-refractivity contribution >= 4 is 21.8 Å². The Morgan fingerprint density at radius 2 is 2.30 bits per heavy atom. The molecule has 0 saturated carbocycles. The molecule has 1 heterocycles. The molecule has 0 aliphatic carbocycles. The van der Waals surface area contributed by atoms with Gasteiger partial charge in [0.2, 0.25) is 0 Å². The Bertz CT molecular complexity index is 464. The minimum absolute atomic E-state index is 0.112. The number of alkyl halides is 1. The molecule has 1 fully saturated rings. The Hall–Kier alpha value is -1.03. The first-order chi connectivity index (χ1) is 9.67. The van der Waals surface area contributed by atoms with Gasteiger partial charge < -0.3 is 9.64 Å². The van der Waals surface area contributed by atoms with Gasteiger partial charge in [-0.3, -0.25) is 4.79 Å². The quantitative estimate of drug-likeness (QED) is 0.765. The summed E-state index contributed by atoms with van der Waals surface area (Å²) in [5.41, 5.74) is 0.721. The van der Waals surface area contributed by atoms with Crippen LogP contribution in [0.15, 0.2) is 24.3 Å². The van der Waals surface area contributed by atoms with Crippen molar-refractivity contribution in [1.29, 1.82) is 0 Å². The fourth-order valence-corrected chi connectivity index (χ4v) is 3.59. The molecule has 1 saturated heterocycles. The molecule has 2 unspecified atom stereocenters. The molecule has 1 aromatic rings. The Kier molecular flexibility index (Phi) is 5.46. The lowest BCUT2D eigenvalue weighted by Gasteiger charge is -2.25. The molecule has 110 valence electrons. The van der Waals surface area contributed by atoms with E-state index in [1.165, 1.54) is 0 Å². The lowest BCUT2D eigenvalue weighted by atomic mass is 10.0. The van der Waals surface area contributed by atoms with Gasteiger partial charge in [0.25, 0.3) is 5.91 Å². The average Bonchev–Trinajstić information content (AvgIpc) is 2.85. The molecule has 1 aliphatic heterocycles. The number of rotatable bonds is 5. The molecule has 0 aromatic heterocycles. The zero-order valence-corrected chi connectivity index (χ0v) is 13.7. The molecule has 2 rings (SSSR count). The van der Waals surface area contributed by atoms with Gasteiger partial charge in [-0.1, -0.05) is 35.8 Å². The highest BCUT2D eigenvalue weighted by Crippen LogP contribution is 2.27. The van der Waals surface area contributed by atoms with Crippen molar-refractivity contribution in [1.82, 2.24) is 4.90 Å². The molecule has 0 bridgehead atoms. The standard InChI is InChI=1S/C16H22BrNO2/c1-3-9-20-14-6-4-5-13(10-14)16(19)18-8-7-12(2)15(18)11-17/h4-6,10,12,15H,3,7-9,11H2,1-2H3. The summed E-state index contributed by atoms with van der Waals surface area (Å²) in [5.74, 6) is 1.44. The second-order valence-corrected chi connectivity index (χ2v) is 6.01. The van der Waals surface area contributed by atoms with E-state index in [-0.39, 0.29) is 5.91 Å². The highest BCUT2D eigenvalue weighted by atomic mass is 79.9. The lowest BCUT2D eigenvalue weighted by molar-refractivity contribution is 0.0738. The van der Waals surface area contributed by atoms with Gasteiger partial charge in [-0.25, -0.2) is 0 Å². The third-order valence-electron chi connectivity index (χ3n) is 3.86. The molecule has 0 spiro atoms. The normalized spacial score (nSPS) is 22.1. The number of hydrogen-bond acceptors (Lipinski definition) is 2. The average molecular weight is 340 g/mol. The molecule has 3 nitrogen and oxygen atoms in total. The van der Waals surface area contributed by atoms with Crippen LogP contribution in [0.2, 0.25) is 0 Å². The van der Waals surface area contributed by atoms with Crippen molar-refractivity contribution < 1.29 is 9.53 Å². The highest BCUT2D eigenvalue weighted by molar-refractivity contribution is 9.09. The van der Waals surface area contributed by atoms with Crippen molar-refractivity contribution in [2.24, 2.45) is 5.92 Å². The summed E-state index contributed by atoms with van der Waals surface area (Å²) in [7, 11) is 0. The fraction of sp³-hybridized carbons (Fsp3) is 0.562. The molecule has 1 aliphatic rings. The first-order valence-electron chi connectivity index (χ1n) is 7.27. The molecule has 4 heteroatoms. The number of nitrogens with zero attached hydrogens (tertiary/aromatic N) is 1. The number of ether oxygens (including phenoxy) is 1. The molecule has 1 amide bonds. The van der Waals surface area contributed by atoms with Crippen molar-refractivity contribution in [3.05, 3.63) is 29.8 Å². The summed E-state index contributed by atoms with van der Waals surface area (Å²) < 4.78 is 5.60. The van der Waals surface area contributed by atoms with Gasteiger partial charge >= 0.3 is 0 Å². The monoisotopic (exact) mass is 339 g/mol. The van der Waals surface area contributed by atoms with Crippen LogP contribution in [0.3, 0.4) is 0 Å². The predicted molar refractivity (Wildman–Crippen MR) is 84.6 cm³/mol. The van der Waals surface area contributed by atoms with Crippen LogP contribution in [0, 0.1) is 5.92 Å². The molecule has 1 aromatic carbocycles. The van der Waals surface area contributed by atoms with Crippen LogP contribution in [0.4, 0.5) is 0 Å². The molecule has 0 N–H and O–H groups in total. The van der Waals surface area contributed by atoms with E-state index in [4.69, 9.17) is 4.74 Å². The van der Waals surface area contributed by atoms with E-state index in [1.807, 2.05) is 29.2 Å². The Labute approximate surface area is 129 Å². The van der Waals surface area contributed by atoms with Crippen LogP contribution >= 0.6 is 15.9 Å². The van der Waals surface area contributed by atoms with Crippen LogP contribution in [0.1, 0.15) is 37.0 Å². The van der Waals surface area contributed by atoms with Crippen LogP contribution in [-0.4, -0.2) is 35.3 Å². The largest absolute Gasteiger partial charge is 0.494 e. The van der Waals surface area contributed by atoms with E-state index in [1.54, 1.807) is 0 Å². The van der Waals surface area contributed by atoms with Gasteiger partial charge in [-0.2, -0.15) is 0 Å². The van der Waals surface area contributed by atoms with Gasteiger partial charge in [-0.05, 0) is 37.0 Å². The second kappa shape index (κ2) is 7.11. The first-order valence-corrected chi connectivity index (χ1v) is 8.39. The van der Waals surface area contributed by atoms with E-state index < -0.39 is 0 Å². The van der Waals surface area contributed by atoms with Gasteiger partial charge in [0.05, 0.1) is 6.61 Å². The van der Waals surface area contributed by atoms with Crippen LogP contribution in [-0.2, 0) is 0 Å². The predicted octanol–water partition coefficient (Wildman–Crippen LogP) is 3.72. The zero-order chi connectivity index (χ0) is 14.5. The van der Waals surface area contributed by atoms with Crippen LogP contribution < -0.4 is 4.74 Å². The third-order valence-corrected chi connectivity index (χ3v) is 4.52. The SMILES string of the molecule is CCCOc1cccc(C(=O)N2CCC(C)C2CBr)c1. The summed E-state index contributed by atoms with van der Waals surface area (Å²) in [6.07, 6.45) is 2.04. The number of likely N-dealkylation sites (tertiary alicyclic amines) is 1. The molecular formula is C16H22BrNO2. The maximum atomic E-state index is 12.6. The summed E-state index contributed by atoms with van der Waals surface area (Å²) in [6, 6.07) is 7.81. The Morgan fingerprint density at radius 3 is 3.00 bits per heavy atom. The van der Waals surface area contributed by atoms with Crippen LogP contribution in [0.5, 0.6) is 5.75 Å².